The molecule has 1 aliphatic carbocycles. The Morgan fingerprint density at radius 1 is 1.44 bits per heavy atom. The first-order valence-electron chi connectivity index (χ1n) is 5.78. The standard InChI is InChI=1S/C11H20F3NS/c1-9-3-2-4-10(7-9,8-15)5-6-16-11(12,13)14/h9H,2-8,15H2,1H3. The zero-order chi connectivity index (χ0) is 12.2. The molecule has 1 aliphatic rings. The average molecular weight is 255 g/mol. The minimum Gasteiger partial charge on any atom is -0.330 e. The number of thioether (sulfide) groups is 1. The van der Waals surface area contributed by atoms with Crippen LogP contribution in [-0.2, 0) is 0 Å². The summed E-state index contributed by atoms with van der Waals surface area (Å²) in [6.07, 6.45) is 4.87. The Bertz CT molecular complexity index is 220. The van der Waals surface area contributed by atoms with E-state index < -0.39 is 5.51 Å². The third kappa shape index (κ3) is 4.53. The quantitative estimate of drug-likeness (QED) is 0.827. The van der Waals surface area contributed by atoms with Gasteiger partial charge in [0.05, 0.1) is 0 Å². The van der Waals surface area contributed by atoms with Crippen molar-refractivity contribution < 1.29 is 13.2 Å². The van der Waals surface area contributed by atoms with Gasteiger partial charge in [0.2, 0.25) is 0 Å². The zero-order valence-electron chi connectivity index (χ0n) is 9.65. The van der Waals surface area contributed by atoms with Crippen molar-refractivity contribution in [3.05, 3.63) is 0 Å². The molecule has 0 bridgehead atoms. The van der Waals surface area contributed by atoms with E-state index in [1.165, 1.54) is 6.42 Å². The summed E-state index contributed by atoms with van der Waals surface area (Å²) in [5.74, 6) is 0.751. The fraction of sp³-hybridized carbons (Fsp3) is 1.00. The van der Waals surface area contributed by atoms with Gasteiger partial charge in [0, 0.05) is 5.75 Å². The maximum absolute atomic E-state index is 12.0. The van der Waals surface area contributed by atoms with Crippen LogP contribution in [0.4, 0.5) is 13.2 Å². The topological polar surface area (TPSA) is 26.0 Å². The molecular weight excluding hydrogens is 235 g/mol. The molecule has 1 nitrogen and oxygen atoms in total. The molecule has 1 rings (SSSR count). The van der Waals surface area contributed by atoms with Crippen LogP contribution in [0.5, 0.6) is 0 Å². The second-order valence-electron chi connectivity index (χ2n) is 4.95. The van der Waals surface area contributed by atoms with Gasteiger partial charge in [-0.3, -0.25) is 0 Å². The number of hydrogen-bond acceptors (Lipinski definition) is 2. The molecule has 96 valence electrons. The number of alkyl halides is 3. The van der Waals surface area contributed by atoms with Gasteiger partial charge in [0.15, 0.2) is 0 Å². The molecule has 2 unspecified atom stereocenters. The maximum Gasteiger partial charge on any atom is 0.441 e. The average Bonchev–Trinajstić information content (AvgIpc) is 2.16. The van der Waals surface area contributed by atoms with Crippen LogP contribution in [0, 0.1) is 11.3 Å². The molecule has 0 radical (unpaired) electrons. The van der Waals surface area contributed by atoms with E-state index in [1.54, 1.807) is 0 Å². The van der Waals surface area contributed by atoms with Gasteiger partial charge in [-0.1, -0.05) is 31.5 Å². The molecular formula is C11H20F3NS. The van der Waals surface area contributed by atoms with E-state index in [-0.39, 0.29) is 22.9 Å². The maximum atomic E-state index is 12.0. The molecule has 0 saturated heterocycles. The second-order valence-corrected chi connectivity index (χ2v) is 6.11. The van der Waals surface area contributed by atoms with Crippen molar-refractivity contribution in [1.82, 2.24) is 0 Å². The largest absolute Gasteiger partial charge is 0.441 e. The lowest BCUT2D eigenvalue weighted by Gasteiger charge is -2.39. The first-order valence-corrected chi connectivity index (χ1v) is 6.76. The highest BCUT2D eigenvalue weighted by atomic mass is 32.2. The second kappa shape index (κ2) is 5.63. The third-order valence-corrected chi connectivity index (χ3v) is 4.25. The molecule has 0 aliphatic heterocycles. The lowest BCUT2D eigenvalue weighted by atomic mass is 9.68. The first-order chi connectivity index (χ1) is 7.37. The Balaban J connectivity index is 2.41. The monoisotopic (exact) mass is 255 g/mol. The van der Waals surface area contributed by atoms with Crippen molar-refractivity contribution in [3.8, 4) is 0 Å². The van der Waals surface area contributed by atoms with Gasteiger partial charge in [-0.05, 0) is 37.1 Å². The summed E-state index contributed by atoms with van der Waals surface area (Å²) >= 11 is 0.0868. The van der Waals surface area contributed by atoms with Crippen molar-refractivity contribution >= 4 is 11.8 Å². The normalized spacial score (nSPS) is 31.7. The summed E-state index contributed by atoms with van der Waals surface area (Å²) < 4.78 is 36.1. The zero-order valence-corrected chi connectivity index (χ0v) is 10.5. The summed E-state index contributed by atoms with van der Waals surface area (Å²) in [5, 5.41) is 0. The van der Waals surface area contributed by atoms with Crippen LogP contribution in [0.15, 0.2) is 0 Å². The van der Waals surface area contributed by atoms with Gasteiger partial charge in [0.1, 0.15) is 0 Å². The summed E-state index contributed by atoms with van der Waals surface area (Å²) in [4.78, 5) is 0. The van der Waals surface area contributed by atoms with Gasteiger partial charge < -0.3 is 5.73 Å². The predicted octanol–water partition coefficient (Wildman–Crippen LogP) is 3.78. The summed E-state index contributed by atoms with van der Waals surface area (Å²) in [7, 11) is 0. The van der Waals surface area contributed by atoms with E-state index in [4.69, 9.17) is 5.73 Å². The van der Waals surface area contributed by atoms with Crippen molar-refractivity contribution in [2.24, 2.45) is 17.1 Å². The van der Waals surface area contributed by atoms with Crippen molar-refractivity contribution in [3.63, 3.8) is 0 Å². The van der Waals surface area contributed by atoms with Crippen LogP contribution in [0.2, 0.25) is 0 Å². The fourth-order valence-corrected chi connectivity index (χ4v) is 3.43. The predicted molar refractivity (Wildman–Crippen MR) is 62.2 cm³/mol. The van der Waals surface area contributed by atoms with Crippen LogP contribution in [0.25, 0.3) is 0 Å². The summed E-state index contributed by atoms with van der Waals surface area (Å²) in [5.41, 5.74) is 1.63. The molecule has 0 aromatic rings. The van der Waals surface area contributed by atoms with Crippen LogP contribution < -0.4 is 5.73 Å². The van der Waals surface area contributed by atoms with E-state index in [2.05, 4.69) is 6.92 Å². The van der Waals surface area contributed by atoms with Crippen molar-refractivity contribution in [2.75, 3.05) is 12.3 Å². The third-order valence-electron chi connectivity index (χ3n) is 3.52. The van der Waals surface area contributed by atoms with Gasteiger partial charge in [-0.2, -0.15) is 13.2 Å². The molecule has 5 heteroatoms. The van der Waals surface area contributed by atoms with Gasteiger partial charge in [0.25, 0.3) is 0 Å². The van der Waals surface area contributed by atoms with E-state index in [0.29, 0.717) is 18.9 Å². The van der Waals surface area contributed by atoms with E-state index in [9.17, 15) is 13.2 Å². The SMILES string of the molecule is CC1CCCC(CN)(CCSC(F)(F)F)C1. The lowest BCUT2D eigenvalue weighted by molar-refractivity contribution is -0.0329. The number of hydrogen-bond donors (Lipinski definition) is 1. The van der Waals surface area contributed by atoms with Crippen molar-refractivity contribution in [2.45, 2.75) is 44.5 Å². The van der Waals surface area contributed by atoms with Crippen molar-refractivity contribution in [1.29, 1.82) is 0 Å². The van der Waals surface area contributed by atoms with Crippen LogP contribution >= 0.6 is 11.8 Å². The highest BCUT2D eigenvalue weighted by Crippen LogP contribution is 2.43. The number of rotatable bonds is 4. The van der Waals surface area contributed by atoms with E-state index in [0.717, 1.165) is 19.3 Å². The smallest absolute Gasteiger partial charge is 0.330 e. The highest BCUT2D eigenvalue weighted by Gasteiger charge is 2.35. The summed E-state index contributed by atoms with van der Waals surface area (Å²) in [6, 6.07) is 0. The fourth-order valence-electron chi connectivity index (χ4n) is 2.67. The molecule has 2 N–H and O–H groups in total. The van der Waals surface area contributed by atoms with Gasteiger partial charge in [-0.15, -0.1) is 0 Å². The Kier molecular flexibility index (Phi) is 4.98. The Labute approximate surface area is 99.3 Å². The van der Waals surface area contributed by atoms with Crippen LogP contribution in [-0.4, -0.2) is 17.8 Å². The molecule has 0 amide bonds. The first kappa shape index (κ1) is 14.2. The molecule has 0 aromatic carbocycles. The van der Waals surface area contributed by atoms with E-state index in [1.807, 2.05) is 0 Å². The molecule has 1 fully saturated rings. The molecule has 16 heavy (non-hydrogen) atoms. The molecule has 0 heterocycles. The number of halogens is 3. The number of nitrogens with two attached hydrogens (primary N) is 1. The molecule has 1 saturated carbocycles. The van der Waals surface area contributed by atoms with E-state index >= 15 is 0 Å². The van der Waals surface area contributed by atoms with Crippen LogP contribution in [0.1, 0.15) is 39.0 Å². The van der Waals surface area contributed by atoms with Crippen LogP contribution in [0.3, 0.4) is 0 Å². The van der Waals surface area contributed by atoms with Gasteiger partial charge in [-0.25, -0.2) is 0 Å². The minimum absolute atomic E-state index is 0.0318. The highest BCUT2D eigenvalue weighted by molar-refractivity contribution is 8.00. The molecule has 2 atom stereocenters. The molecule has 0 aromatic heterocycles. The Morgan fingerprint density at radius 3 is 2.62 bits per heavy atom. The molecule has 0 spiro atoms. The van der Waals surface area contributed by atoms with Gasteiger partial charge >= 0.3 is 5.51 Å². The lowest BCUT2D eigenvalue weighted by Crippen LogP contribution is -2.36. The Hall–Kier alpha value is 0.100. The Morgan fingerprint density at radius 2 is 2.12 bits per heavy atom. The minimum atomic E-state index is -4.10. The summed E-state index contributed by atoms with van der Waals surface area (Å²) in [6.45, 7) is 2.69.